The first-order chi connectivity index (χ1) is 9.38. The molecule has 1 heterocycles. The van der Waals surface area contributed by atoms with Gasteiger partial charge in [-0.3, -0.25) is 5.43 Å². The topological polar surface area (TPSA) is 96.1 Å². The summed E-state index contributed by atoms with van der Waals surface area (Å²) < 4.78 is 38.1. The van der Waals surface area contributed by atoms with Crippen LogP contribution in [0.15, 0.2) is 6.07 Å². The molecule has 6 nitrogen and oxygen atoms in total. The standard InChI is InChI=1S/C11H16F3N5O/c12-11(13,14)8-5-9(18-10(17-8)19-15)16-6-1-3-7(20)4-2-6/h5-7,20H,1-4,15H2,(H2,16,17,18,19). The summed E-state index contributed by atoms with van der Waals surface area (Å²) in [5.74, 6) is 4.86. The number of hydrogen-bond acceptors (Lipinski definition) is 6. The van der Waals surface area contributed by atoms with Gasteiger partial charge in [-0.2, -0.15) is 18.2 Å². The minimum absolute atomic E-state index is 0.0139. The van der Waals surface area contributed by atoms with E-state index in [0.717, 1.165) is 6.07 Å². The monoisotopic (exact) mass is 291 g/mol. The van der Waals surface area contributed by atoms with Crippen LogP contribution in [0.5, 0.6) is 0 Å². The Morgan fingerprint density at radius 3 is 2.40 bits per heavy atom. The normalized spacial score (nSPS) is 23.4. The van der Waals surface area contributed by atoms with Crippen molar-refractivity contribution in [3.05, 3.63) is 11.8 Å². The molecular weight excluding hydrogens is 275 g/mol. The van der Waals surface area contributed by atoms with Gasteiger partial charge in [-0.25, -0.2) is 10.8 Å². The largest absolute Gasteiger partial charge is 0.433 e. The van der Waals surface area contributed by atoms with Gasteiger partial charge in [0, 0.05) is 12.1 Å². The molecule has 1 saturated carbocycles. The van der Waals surface area contributed by atoms with E-state index in [-0.39, 0.29) is 23.9 Å². The lowest BCUT2D eigenvalue weighted by Crippen LogP contribution is -2.29. The Bertz CT molecular complexity index is 460. The van der Waals surface area contributed by atoms with Crippen LogP contribution in [0.3, 0.4) is 0 Å². The highest BCUT2D eigenvalue weighted by Crippen LogP contribution is 2.30. The first-order valence-electron chi connectivity index (χ1n) is 6.26. The molecule has 112 valence electrons. The van der Waals surface area contributed by atoms with E-state index in [1.165, 1.54) is 0 Å². The number of aliphatic hydroxyl groups excluding tert-OH is 1. The molecule has 0 aromatic carbocycles. The molecule has 0 spiro atoms. The lowest BCUT2D eigenvalue weighted by atomic mass is 9.93. The molecule has 0 unspecified atom stereocenters. The summed E-state index contributed by atoms with van der Waals surface area (Å²) in [7, 11) is 0. The third kappa shape index (κ3) is 3.70. The molecule has 1 fully saturated rings. The van der Waals surface area contributed by atoms with Gasteiger partial charge < -0.3 is 10.4 Å². The molecule has 0 aliphatic heterocycles. The summed E-state index contributed by atoms with van der Waals surface area (Å²) in [6, 6.07) is 0.839. The van der Waals surface area contributed by atoms with Crippen molar-refractivity contribution in [1.29, 1.82) is 0 Å². The van der Waals surface area contributed by atoms with Crippen LogP contribution in [0.25, 0.3) is 0 Å². The first kappa shape index (κ1) is 14.8. The lowest BCUT2D eigenvalue weighted by Gasteiger charge is -2.26. The number of aromatic nitrogens is 2. The van der Waals surface area contributed by atoms with E-state index in [0.29, 0.717) is 25.7 Å². The fraction of sp³-hybridized carbons (Fsp3) is 0.636. The number of nitrogens with two attached hydrogens (primary N) is 1. The highest BCUT2D eigenvalue weighted by molar-refractivity contribution is 5.43. The maximum atomic E-state index is 12.7. The van der Waals surface area contributed by atoms with Gasteiger partial charge in [0.2, 0.25) is 5.95 Å². The number of nitrogens with zero attached hydrogens (tertiary/aromatic N) is 2. The summed E-state index contributed by atoms with van der Waals surface area (Å²) in [6.45, 7) is 0. The van der Waals surface area contributed by atoms with Crippen molar-refractivity contribution in [3.8, 4) is 0 Å². The third-order valence-corrected chi connectivity index (χ3v) is 3.19. The van der Waals surface area contributed by atoms with E-state index < -0.39 is 11.9 Å². The molecular formula is C11H16F3N5O. The summed E-state index contributed by atoms with van der Waals surface area (Å²) in [5.41, 5.74) is 0.965. The van der Waals surface area contributed by atoms with Crippen LogP contribution in [0.2, 0.25) is 0 Å². The van der Waals surface area contributed by atoms with E-state index in [2.05, 4.69) is 15.3 Å². The zero-order valence-electron chi connectivity index (χ0n) is 10.6. The SMILES string of the molecule is NNc1nc(NC2CCC(O)CC2)cc(C(F)(F)F)n1. The van der Waals surface area contributed by atoms with Gasteiger partial charge in [-0.1, -0.05) is 0 Å². The van der Waals surface area contributed by atoms with Crippen LogP contribution in [0.4, 0.5) is 24.9 Å². The molecule has 20 heavy (non-hydrogen) atoms. The van der Waals surface area contributed by atoms with Crippen molar-refractivity contribution >= 4 is 11.8 Å². The van der Waals surface area contributed by atoms with Crippen molar-refractivity contribution in [1.82, 2.24) is 9.97 Å². The van der Waals surface area contributed by atoms with Crippen LogP contribution in [0, 0.1) is 0 Å². The van der Waals surface area contributed by atoms with E-state index in [1.54, 1.807) is 0 Å². The highest BCUT2D eigenvalue weighted by atomic mass is 19.4. The fourth-order valence-electron chi connectivity index (χ4n) is 2.16. The smallest absolute Gasteiger partial charge is 0.393 e. The van der Waals surface area contributed by atoms with Crippen molar-refractivity contribution in [2.24, 2.45) is 5.84 Å². The quantitative estimate of drug-likeness (QED) is 0.498. The Morgan fingerprint density at radius 2 is 1.85 bits per heavy atom. The second-order valence-corrected chi connectivity index (χ2v) is 4.75. The van der Waals surface area contributed by atoms with Gasteiger partial charge >= 0.3 is 6.18 Å². The Morgan fingerprint density at radius 1 is 1.20 bits per heavy atom. The summed E-state index contributed by atoms with van der Waals surface area (Å²) >= 11 is 0. The Kier molecular flexibility index (Phi) is 4.29. The molecule has 1 aliphatic carbocycles. The molecule has 0 saturated heterocycles. The Balaban J connectivity index is 2.14. The second kappa shape index (κ2) is 5.80. The maximum Gasteiger partial charge on any atom is 0.433 e. The van der Waals surface area contributed by atoms with Gasteiger partial charge in [-0.15, -0.1) is 0 Å². The molecule has 0 bridgehead atoms. The number of rotatable bonds is 3. The van der Waals surface area contributed by atoms with Gasteiger partial charge in [0.05, 0.1) is 6.10 Å². The number of nitrogen functional groups attached to an aromatic ring is 1. The van der Waals surface area contributed by atoms with E-state index >= 15 is 0 Å². The van der Waals surface area contributed by atoms with Crippen LogP contribution in [0.1, 0.15) is 31.4 Å². The van der Waals surface area contributed by atoms with Crippen LogP contribution in [-0.2, 0) is 6.18 Å². The highest BCUT2D eigenvalue weighted by Gasteiger charge is 2.34. The van der Waals surface area contributed by atoms with Crippen LogP contribution >= 0.6 is 0 Å². The Labute approximate surface area is 113 Å². The zero-order valence-corrected chi connectivity index (χ0v) is 10.6. The summed E-state index contributed by atoms with van der Waals surface area (Å²) in [4.78, 5) is 7.13. The number of anilines is 2. The fourth-order valence-corrected chi connectivity index (χ4v) is 2.16. The van der Waals surface area contributed by atoms with E-state index in [1.807, 2.05) is 5.43 Å². The average molecular weight is 291 g/mol. The van der Waals surface area contributed by atoms with Crippen molar-refractivity contribution in [3.63, 3.8) is 0 Å². The maximum absolute atomic E-state index is 12.7. The van der Waals surface area contributed by atoms with Crippen molar-refractivity contribution in [2.45, 2.75) is 44.0 Å². The van der Waals surface area contributed by atoms with Crippen molar-refractivity contribution < 1.29 is 18.3 Å². The number of alkyl halides is 3. The molecule has 1 aliphatic rings. The number of hydrazine groups is 1. The van der Waals surface area contributed by atoms with Crippen LogP contribution < -0.4 is 16.6 Å². The molecule has 1 aromatic heterocycles. The number of nitrogens with one attached hydrogen (secondary N) is 2. The lowest BCUT2D eigenvalue weighted by molar-refractivity contribution is -0.141. The predicted octanol–water partition coefficient (Wildman–Crippen LogP) is 1.50. The van der Waals surface area contributed by atoms with Crippen LogP contribution in [-0.4, -0.2) is 27.2 Å². The van der Waals surface area contributed by atoms with Gasteiger partial charge in [-0.05, 0) is 25.7 Å². The van der Waals surface area contributed by atoms with E-state index in [4.69, 9.17) is 5.84 Å². The molecule has 1 aromatic rings. The summed E-state index contributed by atoms with van der Waals surface area (Å²) in [6.07, 6.45) is -2.29. The molecule has 0 amide bonds. The molecule has 5 N–H and O–H groups in total. The van der Waals surface area contributed by atoms with E-state index in [9.17, 15) is 18.3 Å². The molecule has 2 rings (SSSR count). The minimum atomic E-state index is -4.56. The third-order valence-electron chi connectivity index (χ3n) is 3.19. The molecule has 0 atom stereocenters. The number of halogens is 3. The van der Waals surface area contributed by atoms with Gasteiger partial charge in [0.25, 0.3) is 0 Å². The number of hydrogen-bond donors (Lipinski definition) is 4. The molecule has 0 radical (unpaired) electrons. The molecule has 9 heteroatoms. The first-order valence-corrected chi connectivity index (χ1v) is 6.26. The minimum Gasteiger partial charge on any atom is -0.393 e. The predicted molar refractivity (Wildman–Crippen MR) is 66.7 cm³/mol. The zero-order chi connectivity index (χ0) is 14.8. The number of aliphatic hydroxyl groups is 1. The second-order valence-electron chi connectivity index (χ2n) is 4.75. The van der Waals surface area contributed by atoms with Gasteiger partial charge in [0.15, 0.2) is 5.69 Å². The van der Waals surface area contributed by atoms with Crippen molar-refractivity contribution in [2.75, 3.05) is 10.7 Å². The average Bonchev–Trinajstić information content (AvgIpc) is 2.40. The Hall–Kier alpha value is -1.61. The summed E-state index contributed by atoms with van der Waals surface area (Å²) in [5, 5.41) is 12.3. The van der Waals surface area contributed by atoms with Gasteiger partial charge in [0.1, 0.15) is 5.82 Å².